The molecule has 0 bridgehead atoms. The molecule has 1 saturated carbocycles. The minimum absolute atomic E-state index is 0.531. The number of imidazole rings is 1. The number of rotatable bonds is 5. The molecular weight excluding hydrogens is 218 g/mol. The van der Waals surface area contributed by atoms with Crippen LogP contribution in [0.1, 0.15) is 29.5 Å². The summed E-state index contributed by atoms with van der Waals surface area (Å²) in [5.41, 5.74) is 1.15. The third-order valence-electron chi connectivity index (χ3n) is 3.01. The van der Waals surface area contributed by atoms with Crippen molar-refractivity contribution in [2.75, 3.05) is 0 Å². The van der Waals surface area contributed by atoms with Gasteiger partial charge in [0.25, 0.3) is 0 Å². The predicted molar refractivity (Wildman–Crippen MR) is 65.2 cm³/mol. The van der Waals surface area contributed by atoms with Crippen molar-refractivity contribution in [1.82, 2.24) is 15.3 Å². The van der Waals surface area contributed by atoms with E-state index in [-0.39, 0.29) is 0 Å². The molecule has 0 saturated heterocycles. The normalized spacial score (nSPS) is 17.5. The molecule has 1 aliphatic carbocycles. The van der Waals surface area contributed by atoms with Crippen molar-refractivity contribution < 1.29 is 0 Å². The summed E-state index contributed by atoms with van der Waals surface area (Å²) >= 11 is 1.85. The number of aromatic amines is 1. The van der Waals surface area contributed by atoms with E-state index in [2.05, 4.69) is 32.8 Å². The van der Waals surface area contributed by atoms with Crippen LogP contribution in [0, 0.1) is 5.92 Å². The van der Waals surface area contributed by atoms with Gasteiger partial charge in [0.1, 0.15) is 0 Å². The number of nitrogens with one attached hydrogen (secondary N) is 2. The van der Waals surface area contributed by atoms with Gasteiger partial charge in [-0.2, -0.15) is 0 Å². The number of thiophene rings is 1. The van der Waals surface area contributed by atoms with E-state index in [1.54, 1.807) is 6.33 Å². The second kappa shape index (κ2) is 4.39. The topological polar surface area (TPSA) is 40.7 Å². The van der Waals surface area contributed by atoms with Crippen LogP contribution in [0.15, 0.2) is 30.0 Å². The molecule has 1 fully saturated rings. The first-order valence-corrected chi connectivity index (χ1v) is 6.55. The standard InChI is InChI=1S/C12H15N3S/c1-2-11(16-5-1)12(9-3-4-9)14-7-10-6-13-8-15-10/h1-2,5-6,8-9,12,14H,3-4,7H2,(H,13,15). The highest BCUT2D eigenvalue weighted by molar-refractivity contribution is 7.10. The Bertz CT molecular complexity index is 417. The fraction of sp³-hybridized carbons (Fsp3) is 0.417. The summed E-state index contributed by atoms with van der Waals surface area (Å²) in [5, 5.41) is 5.78. The smallest absolute Gasteiger partial charge is 0.0922 e. The van der Waals surface area contributed by atoms with Crippen molar-refractivity contribution >= 4 is 11.3 Å². The molecule has 3 nitrogen and oxygen atoms in total. The number of nitrogens with zero attached hydrogens (tertiary/aromatic N) is 1. The SMILES string of the molecule is c1csc(C(NCc2cnc[nH]2)C2CC2)c1. The molecule has 2 heterocycles. The third-order valence-corrected chi connectivity index (χ3v) is 3.97. The van der Waals surface area contributed by atoms with Crippen LogP contribution in [0.5, 0.6) is 0 Å². The lowest BCUT2D eigenvalue weighted by Gasteiger charge is -2.16. The summed E-state index contributed by atoms with van der Waals surface area (Å²) in [5.74, 6) is 0.835. The van der Waals surface area contributed by atoms with Gasteiger partial charge >= 0.3 is 0 Å². The van der Waals surface area contributed by atoms with Crippen molar-refractivity contribution in [3.8, 4) is 0 Å². The number of aromatic nitrogens is 2. The summed E-state index contributed by atoms with van der Waals surface area (Å²) in [4.78, 5) is 8.62. The number of hydrogen-bond acceptors (Lipinski definition) is 3. The van der Waals surface area contributed by atoms with Gasteiger partial charge in [-0.15, -0.1) is 11.3 Å². The molecule has 1 unspecified atom stereocenters. The maximum atomic E-state index is 4.03. The van der Waals surface area contributed by atoms with Crippen LogP contribution in [-0.4, -0.2) is 9.97 Å². The van der Waals surface area contributed by atoms with Crippen LogP contribution >= 0.6 is 11.3 Å². The second-order valence-electron chi connectivity index (χ2n) is 4.29. The lowest BCUT2D eigenvalue weighted by molar-refractivity contribution is 0.484. The van der Waals surface area contributed by atoms with E-state index < -0.39 is 0 Å². The maximum absolute atomic E-state index is 4.03. The van der Waals surface area contributed by atoms with Crippen LogP contribution in [0.25, 0.3) is 0 Å². The van der Waals surface area contributed by atoms with E-state index in [1.807, 2.05) is 17.5 Å². The molecular formula is C12H15N3S. The maximum Gasteiger partial charge on any atom is 0.0922 e. The quantitative estimate of drug-likeness (QED) is 0.833. The highest BCUT2D eigenvalue weighted by Gasteiger charge is 2.32. The van der Waals surface area contributed by atoms with Gasteiger partial charge in [0.2, 0.25) is 0 Å². The number of hydrogen-bond donors (Lipinski definition) is 2. The molecule has 16 heavy (non-hydrogen) atoms. The van der Waals surface area contributed by atoms with Gasteiger partial charge in [-0.05, 0) is 30.2 Å². The molecule has 1 atom stereocenters. The summed E-state index contributed by atoms with van der Waals surface area (Å²) < 4.78 is 0. The molecule has 0 aromatic carbocycles. The number of H-pyrrole nitrogens is 1. The summed E-state index contributed by atoms with van der Waals surface area (Å²) in [6.07, 6.45) is 6.33. The molecule has 0 amide bonds. The highest BCUT2D eigenvalue weighted by atomic mass is 32.1. The fourth-order valence-electron chi connectivity index (χ4n) is 2.00. The van der Waals surface area contributed by atoms with Crippen molar-refractivity contribution in [1.29, 1.82) is 0 Å². The largest absolute Gasteiger partial charge is 0.347 e. The molecule has 0 radical (unpaired) electrons. The first-order chi connectivity index (χ1) is 7.93. The van der Waals surface area contributed by atoms with E-state index in [0.29, 0.717) is 6.04 Å². The Hall–Kier alpha value is -1.13. The van der Waals surface area contributed by atoms with Gasteiger partial charge in [-0.3, -0.25) is 0 Å². The van der Waals surface area contributed by atoms with Crippen LogP contribution in [0.2, 0.25) is 0 Å². The molecule has 0 aliphatic heterocycles. The van der Waals surface area contributed by atoms with E-state index in [4.69, 9.17) is 0 Å². The minimum Gasteiger partial charge on any atom is -0.347 e. The van der Waals surface area contributed by atoms with Gasteiger partial charge in [-0.25, -0.2) is 4.98 Å². The Morgan fingerprint density at radius 1 is 1.56 bits per heavy atom. The predicted octanol–water partition coefficient (Wildman–Crippen LogP) is 2.71. The summed E-state index contributed by atoms with van der Waals surface area (Å²) in [7, 11) is 0. The zero-order valence-corrected chi connectivity index (χ0v) is 9.83. The average Bonchev–Trinajstić information content (AvgIpc) is 2.83. The van der Waals surface area contributed by atoms with Crippen LogP contribution < -0.4 is 5.32 Å². The Balaban J connectivity index is 1.66. The first kappa shape index (κ1) is 10.1. The van der Waals surface area contributed by atoms with E-state index in [0.717, 1.165) is 18.2 Å². The fourth-order valence-corrected chi connectivity index (χ4v) is 2.89. The third kappa shape index (κ3) is 2.18. The second-order valence-corrected chi connectivity index (χ2v) is 5.27. The summed E-state index contributed by atoms with van der Waals surface area (Å²) in [6, 6.07) is 4.89. The zero-order valence-electron chi connectivity index (χ0n) is 9.02. The molecule has 0 spiro atoms. The van der Waals surface area contributed by atoms with Crippen molar-refractivity contribution in [2.24, 2.45) is 5.92 Å². The van der Waals surface area contributed by atoms with Crippen molar-refractivity contribution in [3.05, 3.63) is 40.6 Å². The molecule has 2 aromatic heterocycles. The lowest BCUT2D eigenvalue weighted by atomic mass is 10.1. The molecule has 1 aliphatic rings. The van der Waals surface area contributed by atoms with Crippen LogP contribution in [-0.2, 0) is 6.54 Å². The van der Waals surface area contributed by atoms with Gasteiger partial charge in [0.15, 0.2) is 0 Å². The van der Waals surface area contributed by atoms with E-state index in [1.165, 1.54) is 17.7 Å². The Morgan fingerprint density at radius 3 is 3.12 bits per heavy atom. The van der Waals surface area contributed by atoms with Gasteiger partial charge in [0, 0.05) is 29.4 Å². The van der Waals surface area contributed by atoms with Crippen molar-refractivity contribution in [2.45, 2.75) is 25.4 Å². The summed E-state index contributed by atoms with van der Waals surface area (Å²) in [6.45, 7) is 0.874. The molecule has 4 heteroatoms. The van der Waals surface area contributed by atoms with Crippen LogP contribution in [0.3, 0.4) is 0 Å². The van der Waals surface area contributed by atoms with Gasteiger partial charge in [-0.1, -0.05) is 6.07 Å². The monoisotopic (exact) mass is 233 g/mol. The van der Waals surface area contributed by atoms with Crippen molar-refractivity contribution in [3.63, 3.8) is 0 Å². The Morgan fingerprint density at radius 2 is 2.50 bits per heavy atom. The van der Waals surface area contributed by atoms with E-state index >= 15 is 0 Å². The van der Waals surface area contributed by atoms with Gasteiger partial charge < -0.3 is 10.3 Å². The highest BCUT2D eigenvalue weighted by Crippen LogP contribution is 2.42. The first-order valence-electron chi connectivity index (χ1n) is 5.67. The van der Waals surface area contributed by atoms with Crippen LogP contribution in [0.4, 0.5) is 0 Å². The van der Waals surface area contributed by atoms with Gasteiger partial charge in [0.05, 0.1) is 6.33 Å². The lowest BCUT2D eigenvalue weighted by Crippen LogP contribution is -2.21. The minimum atomic E-state index is 0.531. The molecule has 84 valence electrons. The molecule has 3 rings (SSSR count). The van der Waals surface area contributed by atoms with E-state index in [9.17, 15) is 0 Å². The Labute approximate surface area is 98.9 Å². The molecule has 2 aromatic rings. The zero-order chi connectivity index (χ0) is 10.8. The Kier molecular flexibility index (Phi) is 2.76. The average molecular weight is 233 g/mol. The molecule has 2 N–H and O–H groups in total.